The first-order valence-corrected chi connectivity index (χ1v) is 10.6. The minimum atomic E-state index is -0.776. The third-order valence-corrected chi connectivity index (χ3v) is 5.25. The molecule has 0 aliphatic carbocycles. The largest absolute Gasteiger partial charge is 0.494 e. The number of carbonyl (C=O) groups is 4. The van der Waals surface area contributed by atoms with Crippen molar-refractivity contribution < 1.29 is 33.1 Å². The number of imide groups is 1. The summed E-state index contributed by atoms with van der Waals surface area (Å²) in [6.07, 6.45) is 1.50. The minimum absolute atomic E-state index is 0.0648. The lowest BCUT2D eigenvalue weighted by Gasteiger charge is -2.15. The summed E-state index contributed by atoms with van der Waals surface area (Å²) < 4.78 is 15.7. The molecule has 0 fully saturated rings. The van der Waals surface area contributed by atoms with Gasteiger partial charge in [0.05, 0.1) is 41.8 Å². The lowest BCUT2D eigenvalue weighted by molar-refractivity contribution is -0.133. The topological polar surface area (TPSA) is 106 Å². The van der Waals surface area contributed by atoms with Crippen LogP contribution in [0.25, 0.3) is 0 Å². The maximum Gasteiger partial charge on any atom is 0.338 e. The van der Waals surface area contributed by atoms with Crippen LogP contribution in [0.3, 0.4) is 0 Å². The van der Waals surface area contributed by atoms with Gasteiger partial charge in [0.15, 0.2) is 6.61 Å². The normalized spacial score (nSPS) is 12.5. The van der Waals surface area contributed by atoms with Gasteiger partial charge in [-0.25, -0.2) is 9.69 Å². The van der Waals surface area contributed by atoms with Gasteiger partial charge in [0.2, 0.25) is 0 Å². The number of amides is 3. The summed E-state index contributed by atoms with van der Waals surface area (Å²) in [6, 6.07) is 14.1. The first-order chi connectivity index (χ1) is 16.4. The van der Waals surface area contributed by atoms with Gasteiger partial charge >= 0.3 is 5.97 Å². The van der Waals surface area contributed by atoms with Crippen LogP contribution >= 0.6 is 0 Å². The molecule has 2 aromatic carbocycles. The fourth-order valence-corrected chi connectivity index (χ4v) is 3.51. The smallest absolute Gasteiger partial charge is 0.338 e. The first kappa shape index (κ1) is 22.8. The van der Waals surface area contributed by atoms with Crippen molar-refractivity contribution in [2.75, 3.05) is 25.2 Å². The molecule has 0 spiro atoms. The molecule has 0 saturated heterocycles. The molecule has 2 heterocycles. The van der Waals surface area contributed by atoms with Crippen molar-refractivity contribution in [1.29, 1.82) is 0 Å². The highest BCUT2D eigenvalue weighted by Crippen LogP contribution is 2.30. The van der Waals surface area contributed by atoms with Crippen molar-refractivity contribution in [3.05, 3.63) is 83.3 Å². The van der Waals surface area contributed by atoms with Crippen LogP contribution < -0.4 is 9.64 Å². The average molecular weight is 462 g/mol. The van der Waals surface area contributed by atoms with E-state index in [1.165, 1.54) is 29.4 Å². The lowest BCUT2D eigenvalue weighted by Crippen LogP contribution is -2.30. The van der Waals surface area contributed by atoms with E-state index in [0.717, 1.165) is 4.90 Å². The Morgan fingerprint density at radius 3 is 2.41 bits per heavy atom. The third-order valence-electron chi connectivity index (χ3n) is 5.25. The maximum absolute atomic E-state index is 13.0. The molecule has 4 rings (SSSR count). The lowest BCUT2D eigenvalue weighted by atomic mass is 10.1. The summed E-state index contributed by atoms with van der Waals surface area (Å²) >= 11 is 0. The van der Waals surface area contributed by atoms with E-state index in [-0.39, 0.29) is 23.2 Å². The van der Waals surface area contributed by atoms with Crippen LogP contribution in [0.2, 0.25) is 0 Å². The van der Waals surface area contributed by atoms with E-state index < -0.39 is 30.3 Å². The van der Waals surface area contributed by atoms with Crippen LogP contribution in [0, 0.1) is 0 Å². The highest BCUT2D eigenvalue weighted by Gasteiger charge is 2.37. The van der Waals surface area contributed by atoms with Crippen molar-refractivity contribution >= 4 is 29.4 Å². The summed E-state index contributed by atoms with van der Waals surface area (Å²) in [5.41, 5.74) is 0.734. The molecular weight excluding hydrogens is 440 g/mol. The predicted molar refractivity (Wildman–Crippen MR) is 121 cm³/mol. The monoisotopic (exact) mass is 462 g/mol. The molecule has 1 aliphatic heterocycles. The number of furan rings is 1. The quantitative estimate of drug-likeness (QED) is 0.373. The van der Waals surface area contributed by atoms with Crippen LogP contribution in [0.15, 0.2) is 65.3 Å². The van der Waals surface area contributed by atoms with Gasteiger partial charge in [-0.2, -0.15) is 0 Å². The summed E-state index contributed by atoms with van der Waals surface area (Å²) in [5, 5.41) is 0. The Morgan fingerprint density at radius 2 is 1.74 bits per heavy atom. The highest BCUT2D eigenvalue weighted by molar-refractivity contribution is 6.34. The molecule has 0 atom stereocenters. The summed E-state index contributed by atoms with van der Waals surface area (Å²) in [4.78, 5) is 52.9. The average Bonchev–Trinajstić information content (AvgIpc) is 3.44. The van der Waals surface area contributed by atoms with Gasteiger partial charge in [0.25, 0.3) is 17.7 Å². The Bertz CT molecular complexity index is 1230. The summed E-state index contributed by atoms with van der Waals surface area (Å²) in [5.74, 6) is -1.01. The third kappa shape index (κ3) is 4.54. The molecule has 0 unspecified atom stereocenters. The molecule has 0 N–H and O–H groups in total. The second kappa shape index (κ2) is 9.62. The van der Waals surface area contributed by atoms with Crippen LogP contribution in [0.4, 0.5) is 5.69 Å². The predicted octanol–water partition coefficient (Wildman–Crippen LogP) is 3.29. The number of fused-ring (bicyclic) bond motifs is 1. The second-order valence-electron chi connectivity index (χ2n) is 7.54. The number of hydrogen-bond acceptors (Lipinski definition) is 7. The van der Waals surface area contributed by atoms with Crippen LogP contribution in [0.1, 0.15) is 43.8 Å². The zero-order valence-electron chi connectivity index (χ0n) is 18.6. The first-order valence-electron chi connectivity index (χ1n) is 10.6. The van der Waals surface area contributed by atoms with Crippen molar-refractivity contribution in [2.24, 2.45) is 0 Å². The number of likely N-dealkylation sites (N-methyl/N-ethyl adjacent to an activating group) is 1. The molecular formula is C25H22N2O7. The Balaban J connectivity index is 1.43. The molecule has 0 saturated carbocycles. The van der Waals surface area contributed by atoms with E-state index >= 15 is 0 Å². The van der Waals surface area contributed by atoms with Gasteiger partial charge in [0.1, 0.15) is 11.5 Å². The molecule has 174 valence electrons. The molecule has 9 heteroatoms. The standard InChI is InChI=1S/C25H22N2O7/c1-3-32-18-9-7-17(8-10-18)27-23(29)20-11-6-16(13-21(20)24(27)30)25(31)34-15-22(28)26(2)14-19-5-4-12-33-19/h4-13H,3,14-15H2,1-2H3. The van der Waals surface area contributed by atoms with Gasteiger partial charge < -0.3 is 18.8 Å². The number of hydrogen-bond donors (Lipinski definition) is 0. The fourth-order valence-electron chi connectivity index (χ4n) is 3.51. The Labute approximate surface area is 195 Å². The van der Waals surface area contributed by atoms with Crippen LogP contribution in [-0.2, 0) is 16.1 Å². The zero-order valence-corrected chi connectivity index (χ0v) is 18.6. The van der Waals surface area contributed by atoms with E-state index in [4.69, 9.17) is 13.9 Å². The number of esters is 1. The molecule has 3 amide bonds. The van der Waals surface area contributed by atoms with E-state index in [1.54, 1.807) is 43.4 Å². The number of anilines is 1. The Morgan fingerprint density at radius 1 is 1.00 bits per heavy atom. The number of benzene rings is 2. The zero-order chi connectivity index (χ0) is 24.2. The van der Waals surface area contributed by atoms with E-state index in [9.17, 15) is 19.2 Å². The van der Waals surface area contributed by atoms with Gasteiger partial charge in [-0.15, -0.1) is 0 Å². The van der Waals surface area contributed by atoms with E-state index in [2.05, 4.69) is 0 Å². The van der Waals surface area contributed by atoms with Crippen LogP contribution in [-0.4, -0.2) is 48.9 Å². The summed E-state index contributed by atoms with van der Waals surface area (Å²) in [7, 11) is 1.56. The van der Waals surface area contributed by atoms with E-state index in [1.807, 2.05) is 6.92 Å². The van der Waals surface area contributed by atoms with Gasteiger partial charge in [-0.3, -0.25) is 14.4 Å². The molecule has 34 heavy (non-hydrogen) atoms. The Hall–Kier alpha value is -4.40. The van der Waals surface area contributed by atoms with Gasteiger partial charge in [-0.05, 0) is 61.5 Å². The molecule has 9 nitrogen and oxygen atoms in total. The maximum atomic E-state index is 13.0. The second-order valence-corrected chi connectivity index (χ2v) is 7.54. The molecule has 1 aliphatic rings. The fraction of sp³-hybridized carbons (Fsp3) is 0.200. The molecule has 0 bridgehead atoms. The minimum Gasteiger partial charge on any atom is -0.494 e. The number of nitrogens with zero attached hydrogens (tertiary/aromatic N) is 2. The van der Waals surface area contributed by atoms with Gasteiger partial charge in [0, 0.05) is 7.05 Å². The molecule has 0 radical (unpaired) electrons. The highest BCUT2D eigenvalue weighted by atomic mass is 16.5. The van der Waals surface area contributed by atoms with Crippen LogP contribution in [0.5, 0.6) is 5.75 Å². The number of rotatable bonds is 8. The van der Waals surface area contributed by atoms with Crippen molar-refractivity contribution in [1.82, 2.24) is 4.90 Å². The van der Waals surface area contributed by atoms with Crippen molar-refractivity contribution in [3.63, 3.8) is 0 Å². The Kier molecular flexibility index (Phi) is 6.44. The molecule has 1 aromatic heterocycles. The van der Waals surface area contributed by atoms with E-state index in [0.29, 0.717) is 23.8 Å². The number of ether oxygens (including phenoxy) is 2. The van der Waals surface area contributed by atoms with Crippen molar-refractivity contribution in [2.45, 2.75) is 13.5 Å². The molecule has 3 aromatic rings. The van der Waals surface area contributed by atoms with Gasteiger partial charge in [-0.1, -0.05) is 0 Å². The van der Waals surface area contributed by atoms with Crippen molar-refractivity contribution in [3.8, 4) is 5.75 Å². The SMILES string of the molecule is CCOc1ccc(N2C(=O)c3ccc(C(=O)OCC(=O)N(C)Cc4ccco4)cc3C2=O)cc1. The number of carbonyl (C=O) groups excluding carboxylic acids is 4. The summed E-state index contributed by atoms with van der Waals surface area (Å²) in [6.45, 7) is 2.12.